The van der Waals surface area contributed by atoms with Crippen molar-refractivity contribution >= 4 is 11.6 Å². The van der Waals surface area contributed by atoms with Crippen LogP contribution in [0.4, 0.5) is 18.9 Å². The van der Waals surface area contributed by atoms with Gasteiger partial charge in [0, 0.05) is 43.0 Å². The zero-order chi connectivity index (χ0) is 22.3. The van der Waals surface area contributed by atoms with Gasteiger partial charge in [-0.05, 0) is 30.3 Å². The fraction of sp³-hybridized carbons (Fsp3) is 0.304. The van der Waals surface area contributed by atoms with Crippen molar-refractivity contribution < 1.29 is 22.7 Å². The summed E-state index contributed by atoms with van der Waals surface area (Å²) >= 11 is 0. The maximum atomic E-state index is 13.0. The molecule has 9 heteroatoms. The van der Waals surface area contributed by atoms with E-state index < -0.39 is 11.7 Å². The van der Waals surface area contributed by atoms with Crippen LogP contribution in [0.15, 0.2) is 54.7 Å². The van der Waals surface area contributed by atoms with Crippen molar-refractivity contribution in [3.63, 3.8) is 0 Å². The average molecular weight is 442 g/mol. The second-order valence-corrected chi connectivity index (χ2v) is 7.88. The van der Waals surface area contributed by atoms with E-state index in [1.807, 2.05) is 29.2 Å². The molecule has 0 spiro atoms. The Kier molecular flexibility index (Phi) is 5.03. The Hall–Kier alpha value is -3.49. The van der Waals surface area contributed by atoms with Gasteiger partial charge in [0.1, 0.15) is 18.9 Å². The first kappa shape index (κ1) is 20.4. The van der Waals surface area contributed by atoms with Gasteiger partial charge in [-0.2, -0.15) is 18.3 Å². The number of para-hydroxylation sites is 1. The number of nitrogens with zero attached hydrogens (tertiary/aromatic N) is 4. The fourth-order valence-electron chi connectivity index (χ4n) is 4.23. The topological polar surface area (TPSA) is 50.6 Å². The van der Waals surface area contributed by atoms with Gasteiger partial charge in [-0.15, -0.1) is 0 Å². The third kappa shape index (κ3) is 3.79. The maximum Gasteiger partial charge on any atom is 0.416 e. The van der Waals surface area contributed by atoms with Gasteiger partial charge >= 0.3 is 6.18 Å². The molecule has 1 amide bonds. The number of amides is 1. The van der Waals surface area contributed by atoms with Crippen LogP contribution in [-0.2, 0) is 24.1 Å². The van der Waals surface area contributed by atoms with Crippen LogP contribution in [-0.4, -0.2) is 46.8 Å². The summed E-state index contributed by atoms with van der Waals surface area (Å²) in [5.74, 6) is 0.701. The van der Waals surface area contributed by atoms with E-state index in [9.17, 15) is 18.0 Å². The van der Waals surface area contributed by atoms with Gasteiger partial charge in [-0.3, -0.25) is 9.48 Å². The zero-order valence-corrected chi connectivity index (χ0v) is 17.2. The van der Waals surface area contributed by atoms with Gasteiger partial charge in [0.2, 0.25) is 5.91 Å². The third-order valence-electron chi connectivity index (χ3n) is 5.90. The molecule has 0 unspecified atom stereocenters. The second-order valence-electron chi connectivity index (χ2n) is 7.88. The van der Waals surface area contributed by atoms with Gasteiger partial charge < -0.3 is 14.5 Å². The Morgan fingerprint density at radius 3 is 2.59 bits per heavy atom. The van der Waals surface area contributed by atoms with Crippen molar-refractivity contribution in [3.05, 3.63) is 65.9 Å². The number of hydrogen-bond donors (Lipinski definition) is 0. The SMILES string of the molecule is O=C(Cn1ncc2c1-c1ccccc1OC2)N1CCN(c2cccc(C(F)(F)F)c2)CC1. The number of rotatable bonds is 3. The second kappa shape index (κ2) is 7.89. The van der Waals surface area contributed by atoms with E-state index in [0.717, 1.165) is 34.7 Å². The fourth-order valence-corrected chi connectivity index (χ4v) is 4.23. The van der Waals surface area contributed by atoms with Crippen LogP contribution in [0.5, 0.6) is 5.75 Å². The summed E-state index contributed by atoms with van der Waals surface area (Å²) in [5.41, 5.74) is 2.59. The molecule has 1 fully saturated rings. The van der Waals surface area contributed by atoms with Crippen LogP contribution in [0, 0.1) is 0 Å². The molecule has 0 aliphatic carbocycles. The molecule has 2 aliphatic heterocycles. The van der Waals surface area contributed by atoms with Crippen LogP contribution in [0.3, 0.4) is 0 Å². The molecule has 2 aromatic carbocycles. The zero-order valence-electron chi connectivity index (χ0n) is 17.2. The van der Waals surface area contributed by atoms with Crippen molar-refractivity contribution in [2.45, 2.75) is 19.3 Å². The smallest absolute Gasteiger partial charge is 0.416 e. The van der Waals surface area contributed by atoms with Gasteiger partial charge in [-0.1, -0.05) is 18.2 Å². The minimum atomic E-state index is -4.37. The lowest BCUT2D eigenvalue weighted by atomic mass is 10.0. The standard InChI is InChI=1S/C23H21F3N4O2/c24-23(25,26)17-4-3-5-18(12-17)28-8-10-29(11-9-28)21(31)14-30-22-16(13-27-30)15-32-20-7-2-1-6-19(20)22/h1-7,12-13H,8-11,14-15H2. The molecule has 2 aliphatic rings. The normalized spacial score (nSPS) is 15.7. The summed E-state index contributed by atoms with van der Waals surface area (Å²) in [6.45, 7) is 2.35. The number of halogens is 3. The van der Waals surface area contributed by atoms with Crippen molar-refractivity contribution in [1.82, 2.24) is 14.7 Å². The minimum absolute atomic E-state index is 0.0661. The number of carbonyl (C=O) groups excluding carboxylic acids is 1. The highest BCUT2D eigenvalue weighted by Gasteiger charge is 2.31. The quantitative estimate of drug-likeness (QED) is 0.619. The van der Waals surface area contributed by atoms with Crippen LogP contribution in [0.2, 0.25) is 0 Å². The molecule has 0 radical (unpaired) electrons. The lowest BCUT2D eigenvalue weighted by Gasteiger charge is -2.36. The number of benzene rings is 2. The first-order valence-electron chi connectivity index (χ1n) is 10.4. The number of piperazine rings is 1. The maximum absolute atomic E-state index is 13.0. The number of aromatic nitrogens is 2. The van der Waals surface area contributed by atoms with Crippen LogP contribution < -0.4 is 9.64 Å². The van der Waals surface area contributed by atoms with E-state index in [4.69, 9.17) is 4.74 Å². The van der Waals surface area contributed by atoms with E-state index in [0.29, 0.717) is 38.5 Å². The Morgan fingerprint density at radius 2 is 1.81 bits per heavy atom. The van der Waals surface area contributed by atoms with Gasteiger partial charge in [0.25, 0.3) is 0 Å². The first-order chi connectivity index (χ1) is 15.4. The molecule has 32 heavy (non-hydrogen) atoms. The van der Waals surface area contributed by atoms with Crippen molar-refractivity contribution in [3.8, 4) is 17.0 Å². The molecule has 0 saturated carbocycles. The highest BCUT2D eigenvalue weighted by Crippen LogP contribution is 2.37. The van der Waals surface area contributed by atoms with E-state index >= 15 is 0 Å². The largest absolute Gasteiger partial charge is 0.488 e. The Morgan fingerprint density at radius 1 is 1.03 bits per heavy atom. The van der Waals surface area contributed by atoms with Crippen molar-refractivity contribution in [1.29, 1.82) is 0 Å². The van der Waals surface area contributed by atoms with Crippen molar-refractivity contribution in [2.75, 3.05) is 31.1 Å². The van der Waals surface area contributed by atoms with E-state index in [1.54, 1.807) is 21.8 Å². The number of alkyl halides is 3. The molecule has 166 valence electrons. The minimum Gasteiger partial charge on any atom is -0.488 e. The lowest BCUT2D eigenvalue weighted by Crippen LogP contribution is -2.49. The van der Waals surface area contributed by atoms with Crippen LogP contribution >= 0.6 is 0 Å². The van der Waals surface area contributed by atoms with Crippen molar-refractivity contribution in [2.24, 2.45) is 0 Å². The molecular weight excluding hydrogens is 421 g/mol. The molecule has 6 nitrogen and oxygen atoms in total. The monoisotopic (exact) mass is 442 g/mol. The molecule has 3 heterocycles. The number of carbonyl (C=O) groups is 1. The van der Waals surface area contributed by atoms with Crippen LogP contribution in [0.25, 0.3) is 11.3 Å². The highest BCUT2D eigenvalue weighted by molar-refractivity contribution is 5.78. The third-order valence-corrected chi connectivity index (χ3v) is 5.90. The summed E-state index contributed by atoms with van der Waals surface area (Å²) in [5, 5.41) is 4.40. The Bertz CT molecular complexity index is 1150. The number of fused-ring (bicyclic) bond motifs is 3. The molecule has 1 saturated heterocycles. The van der Waals surface area contributed by atoms with Gasteiger partial charge in [-0.25, -0.2) is 0 Å². The Balaban J connectivity index is 1.26. The molecule has 0 atom stereocenters. The lowest BCUT2D eigenvalue weighted by molar-refractivity contribution is -0.137. The summed E-state index contributed by atoms with van der Waals surface area (Å²) < 4.78 is 46.5. The molecule has 3 aromatic rings. The molecule has 1 aromatic heterocycles. The predicted octanol–water partition coefficient (Wildman–Crippen LogP) is 3.81. The van der Waals surface area contributed by atoms with E-state index in [-0.39, 0.29) is 12.5 Å². The number of anilines is 1. The Labute approximate surface area is 182 Å². The van der Waals surface area contributed by atoms with E-state index in [1.165, 1.54) is 6.07 Å². The number of hydrogen-bond acceptors (Lipinski definition) is 4. The average Bonchev–Trinajstić information content (AvgIpc) is 3.22. The summed E-state index contributed by atoms with van der Waals surface area (Å²) in [4.78, 5) is 16.6. The molecule has 5 rings (SSSR count). The summed E-state index contributed by atoms with van der Waals surface area (Å²) in [6, 6.07) is 13.0. The molecule has 0 N–H and O–H groups in total. The first-order valence-corrected chi connectivity index (χ1v) is 10.4. The van der Waals surface area contributed by atoms with Gasteiger partial charge in [0.15, 0.2) is 0 Å². The van der Waals surface area contributed by atoms with Gasteiger partial charge in [0.05, 0.1) is 17.5 Å². The highest BCUT2D eigenvalue weighted by atomic mass is 19.4. The molecular formula is C23H21F3N4O2. The van der Waals surface area contributed by atoms with E-state index in [2.05, 4.69) is 5.10 Å². The predicted molar refractivity (Wildman–Crippen MR) is 112 cm³/mol. The summed E-state index contributed by atoms with van der Waals surface area (Å²) in [7, 11) is 0. The summed E-state index contributed by atoms with van der Waals surface area (Å²) in [6.07, 6.45) is -2.65. The van der Waals surface area contributed by atoms with Crippen LogP contribution in [0.1, 0.15) is 11.1 Å². The number of ether oxygens (including phenoxy) is 1. The molecule has 0 bridgehead atoms.